The first-order valence-electron chi connectivity index (χ1n) is 9.42. The third-order valence-electron chi connectivity index (χ3n) is 4.49. The number of rotatable bonds is 8. The molecule has 0 bridgehead atoms. The number of imidazole rings is 1. The number of pyridine rings is 1. The van der Waals surface area contributed by atoms with E-state index in [9.17, 15) is 18.4 Å². The van der Waals surface area contributed by atoms with Gasteiger partial charge in [-0.1, -0.05) is 12.5 Å². The van der Waals surface area contributed by atoms with Gasteiger partial charge in [0.1, 0.15) is 23.0 Å². The number of benzene rings is 1. The van der Waals surface area contributed by atoms with Crippen molar-refractivity contribution in [1.29, 1.82) is 0 Å². The van der Waals surface area contributed by atoms with Crippen molar-refractivity contribution in [2.24, 2.45) is 0 Å². The molecule has 29 heavy (non-hydrogen) atoms. The Bertz CT molecular complexity index is 1030. The summed E-state index contributed by atoms with van der Waals surface area (Å²) in [6.07, 6.45) is 4.05. The van der Waals surface area contributed by atoms with Gasteiger partial charge >= 0.3 is 0 Å². The van der Waals surface area contributed by atoms with E-state index in [1.807, 2.05) is 18.2 Å². The number of nitrogens with zero attached hydrogens (tertiary/aromatic N) is 2. The minimum Gasteiger partial charge on any atom is -0.351 e. The predicted molar refractivity (Wildman–Crippen MR) is 106 cm³/mol. The van der Waals surface area contributed by atoms with Crippen molar-refractivity contribution in [3.05, 3.63) is 65.6 Å². The zero-order valence-corrected chi connectivity index (χ0v) is 16.0. The predicted octanol–water partition coefficient (Wildman–Crippen LogP) is 3.85. The van der Waals surface area contributed by atoms with Gasteiger partial charge in [-0.2, -0.15) is 0 Å². The lowest BCUT2D eigenvalue weighted by molar-refractivity contribution is -0.116. The Kier molecular flexibility index (Phi) is 6.54. The molecule has 3 rings (SSSR count). The molecule has 6 nitrogen and oxygen atoms in total. The number of anilines is 1. The minimum atomic E-state index is -0.802. The summed E-state index contributed by atoms with van der Waals surface area (Å²) in [4.78, 5) is 28.7. The number of hydrogen-bond acceptors (Lipinski definition) is 3. The number of fused-ring (bicyclic) bond motifs is 1. The highest BCUT2D eigenvalue weighted by Crippen LogP contribution is 2.16. The van der Waals surface area contributed by atoms with Crippen LogP contribution in [0.25, 0.3) is 5.65 Å². The van der Waals surface area contributed by atoms with Crippen molar-refractivity contribution in [2.45, 2.75) is 32.6 Å². The molecular weight excluding hydrogens is 378 g/mol. The topological polar surface area (TPSA) is 75.5 Å². The SMILES string of the molecule is Cc1nc2ccccn2c1C(=O)NCCCCCC(=O)Nc1ccc(F)cc1F. The van der Waals surface area contributed by atoms with Gasteiger partial charge in [0.05, 0.1) is 11.4 Å². The van der Waals surface area contributed by atoms with E-state index >= 15 is 0 Å². The van der Waals surface area contributed by atoms with E-state index in [0.717, 1.165) is 24.2 Å². The summed E-state index contributed by atoms with van der Waals surface area (Å²) < 4.78 is 28.1. The van der Waals surface area contributed by atoms with E-state index in [1.165, 1.54) is 6.07 Å². The zero-order valence-electron chi connectivity index (χ0n) is 16.0. The molecule has 2 N–H and O–H groups in total. The van der Waals surface area contributed by atoms with Crippen molar-refractivity contribution in [1.82, 2.24) is 14.7 Å². The van der Waals surface area contributed by atoms with Crippen LogP contribution in [-0.2, 0) is 4.79 Å². The molecule has 1 aromatic carbocycles. The molecule has 152 valence electrons. The van der Waals surface area contributed by atoms with E-state index in [1.54, 1.807) is 17.5 Å². The maximum absolute atomic E-state index is 13.5. The number of nitrogens with one attached hydrogen (secondary N) is 2. The summed E-state index contributed by atoms with van der Waals surface area (Å²) in [7, 11) is 0. The van der Waals surface area contributed by atoms with Crippen LogP contribution >= 0.6 is 0 Å². The van der Waals surface area contributed by atoms with E-state index in [4.69, 9.17) is 0 Å². The standard InChI is InChI=1S/C21H22F2N4O2/c1-14-20(27-12-6-4-7-18(27)25-14)21(29)24-11-5-2-3-8-19(28)26-17-10-9-15(22)13-16(17)23/h4,6-7,9-10,12-13H,2-3,5,8,11H2,1H3,(H,24,29)(H,26,28). The fourth-order valence-electron chi connectivity index (χ4n) is 3.06. The molecular formula is C21H22F2N4O2. The molecule has 0 atom stereocenters. The Hall–Kier alpha value is -3.29. The van der Waals surface area contributed by atoms with Crippen LogP contribution in [0.5, 0.6) is 0 Å². The molecule has 0 aliphatic carbocycles. The number of halogens is 2. The Balaban J connectivity index is 1.38. The number of aromatic nitrogens is 2. The summed E-state index contributed by atoms with van der Waals surface area (Å²) >= 11 is 0. The smallest absolute Gasteiger partial charge is 0.270 e. The molecule has 0 radical (unpaired) electrons. The van der Waals surface area contributed by atoms with Crippen LogP contribution in [0.3, 0.4) is 0 Å². The van der Waals surface area contributed by atoms with Gasteiger partial charge in [-0.25, -0.2) is 13.8 Å². The normalized spacial score (nSPS) is 10.9. The average molecular weight is 400 g/mol. The van der Waals surface area contributed by atoms with Crippen molar-refractivity contribution in [3.8, 4) is 0 Å². The van der Waals surface area contributed by atoms with Crippen LogP contribution < -0.4 is 10.6 Å². The highest BCUT2D eigenvalue weighted by atomic mass is 19.1. The molecule has 0 saturated carbocycles. The summed E-state index contributed by atoms with van der Waals surface area (Å²) in [6, 6.07) is 8.56. The molecule has 2 amide bonds. The van der Waals surface area contributed by atoms with Gasteiger partial charge in [0.25, 0.3) is 5.91 Å². The second-order valence-electron chi connectivity index (χ2n) is 6.71. The average Bonchev–Trinajstić information content (AvgIpc) is 3.02. The summed E-state index contributed by atoms with van der Waals surface area (Å²) in [5.41, 5.74) is 1.87. The first-order valence-corrected chi connectivity index (χ1v) is 9.42. The van der Waals surface area contributed by atoms with Gasteiger partial charge in [-0.3, -0.25) is 14.0 Å². The van der Waals surface area contributed by atoms with Crippen molar-refractivity contribution < 1.29 is 18.4 Å². The fourth-order valence-corrected chi connectivity index (χ4v) is 3.06. The van der Waals surface area contributed by atoms with Crippen LogP contribution in [0.4, 0.5) is 14.5 Å². The van der Waals surface area contributed by atoms with Crippen molar-refractivity contribution in [3.63, 3.8) is 0 Å². The molecule has 2 heterocycles. The first-order chi connectivity index (χ1) is 14.0. The summed E-state index contributed by atoms with van der Waals surface area (Å²) in [5, 5.41) is 5.30. The molecule has 0 fully saturated rings. The van der Waals surface area contributed by atoms with Gasteiger partial charge in [0.15, 0.2) is 0 Å². The van der Waals surface area contributed by atoms with Crippen LogP contribution in [-0.4, -0.2) is 27.7 Å². The number of aryl methyl sites for hydroxylation is 1. The molecule has 0 spiro atoms. The van der Waals surface area contributed by atoms with Crippen LogP contribution in [0.15, 0.2) is 42.6 Å². The van der Waals surface area contributed by atoms with E-state index in [0.29, 0.717) is 30.8 Å². The summed E-state index contributed by atoms with van der Waals surface area (Å²) in [5.74, 6) is -2.02. The Labute approximate surface area is 166 Å². The number of hydrogen-bond donors (Lipinski definition) is 2. The van der Waals surface area contributed by atoms with Gasteiger partial charge in [0, 0.05) is 25.2 Å². The van der Waals surface area contributed by atoms with Gasteiger partial charge in [0.2, 0.25) is 5.91 Å². The van der Waals surface area contributed by atoms with Gasteiger partial charge in [-0.05, 0) is 44.0 Å². The van der Waals surface area contributed by atoms with Crippen LogP contribution in [0.2, 0.25) is 0 Å². The lowest BCUT2D eigenvalue weighted by Gasteiger charge is -2.07. The first kappa shape index (κ1) is 20.4. The zero-order chi connectivity index (χ0) is 20.8. The van der Waals surface area contributed by atoms with E-state index in [-0.39, 0.29) is 23.9 Å². The van der Waals surface area contributed by atoms with Crippen molar-refractivity contribution >= 4 is 23.1 Å². The van der Waals surface area contributed by atoms with Crippen molar-refractivity contribution in [2.75, 3.05) is 11.9 Å². The third-order valence-corrected chi connectivity index (χ3v) is 4.49. The fraction of sp³-hybridized carbons (Fsp3) is 0.286. The highest BCUT2D eigenvalue weighted by molar-refractivity contribution is 5.94. The lowest BCUT2D eigenvalue weighted by atomic mass is 10.2. The number of unbranched alkanes of at least 4 members (excludes halogenated alkanes) is 2. The molecule has 3 aromatic rings. The quantitative estimate of drug-likeness (QED) is 0.564. The monoisotopic (exact) mass is 400 g/mol. The Morgan fingerprint density at radius 3 is 2.72 bits per heavy atom. The number of amides is 2. The van der Waals surface area contributed by atoms with Crippen LogP contribution in [0, 0.1) is 18.6 Å². The number of carbonyl (C=O) groups is 2. The number of carbonyl (C=O) groups excluding carboxylic acids is 2. The Morgan fingerprint density at radius 2 is 1.93 bits per heavy atom. The molecule has 0 aliphatic heterocycles. The molecule has 0 saturated heterocycles. The van der Waals surface area contributed by atoms with Gasteiger partial charge in [-0.15, -0.1) is 0 Å². The van der Waals surface area contributed by atoms with E-state index in [2.05, 4.69) is 15.6 Å². The second kappa shape index (κ2) is 9.27. The van der Waals surface area contributed by atoms with Crippen LogP contribution in [0.1, 0.15) is 41.9 Å². The maximum atomic E-state index is 13.5. The molecule has 8 heteroatoms. The second-order valence-corrected chi connectivity index (χ2v) is 6.71. The lowest BCUT2D eigenvalue weighted by Crippen LogP contribution is -2.26. The highest BCUT2D eigenvalue weighted by Gasteiger charge is 2.15. The van der Waals surface area contributed by atoms with E-state index < -0.39 is 11.6 Å². The molecule has 0 unspecified atom stereocenters. The maximum Gasteiger partial charge on any atom is 0.270 e. The molecule has 2 aromatic heterocycles. The summed E-state index contributed by atoms with van der Waals surface area (Å²) in [6.45, 7) is 2.27. The third kappa shape index (κ3) is 5.16. The molecule has 0 aliphatic rings. The minimum absolute atomic E-state index is 0.0351. The van der Waals surface area contributed by atoms with Gasteiger partial charge < -0.3 is 10.6 Å². The largest absolute Gasteiger partial charge is 0.351 e. The Morgan fingerprint density at radius 1 is 1.10 bits per heavy atom.